The van der Waals surface area contributed by atoms with Crippen LogP contribution in [0.5, 0.6) is 0 Å². The van der Waals surface area contributed by atoms with Gasteiger partial charge in [0, 0.05) is 0 Å². The standard InChI is InChI=1S/C7H7F8NO2/c1-4(6(10,11)12,7(13,14)15)5(8,9)2(16)3(17)18/h2H,16H2,1H3,(H,17,18)/t2-/m1/s1. The third kappa shape index (κ3) is 2.22. The van der Waals surface area contributed by atoms with Gasteiger partial charge in [0.1, 0.15) is 0 Å². The smallest absolute Gasteiger partial charge is 0.408 e. The molecule has 0 aromatic carbocycles. The normalized spacial score (nSPS) is 16.6. The molecule has 11 heteroatoms. The van der Waals surface area contributed by atoms with Crippen molar-refractivity contribution in [2.45, 2.75) is 31.2 Å². The lowest BCUT2D eigenvalue weighted by Gasteiger charge is -2.41. The number of carbonyl (C=O) groups is 1. The summed E-state index contributed by atoms with van der Waals surface area (Å²) in [6.07, 6.45) is -12.9. The summed E-state index contributed by atoms with van der Waals surface area (Å²) in [7, 11) is 0. The highest BCUT2D eigenvalue weighted by molar-refractivity contribution is 5.74. The molecule has 0 bridgehead atoms. The molecule has 108 valence electrons. The van der Waals surface area contributed by atoms with Gasteiger partial charge < -0.3 is 10.8 Å². The average Bonchev–Trinajstić information content (AvgIpc) is 2.11. The second-order valence-electron chi connectivity index (χ2n) is 3.56. The first kappa shape index (κ1) is 16.9. The van der Waals surface area contributed by atoms with Crippen LogP contribution in [0.4, 0.5) is 35.1 Å². The van der Waals surface area contributed by atoms with Crippen LogP contribution in [0.2, 0.25) is 0 Å². The highest BCUT2D eigenvalue weighted by Gasteiger charge is 2.81. The van der Waals surface area contributed by atoms with Crippen molar-refractivity contribution in [2.75, 3.05) is 0 Å². The van der Waals surface area contributed by atoms with Crippen molar-refractivity contribution in [3.8, 4) is 0 Å². The van der Waals surface area contributed by atoms with Crippen molar-refractivity contribution in [2.24, 2.45) is 11.1 Å². The van der Waals surface area contributed by atoms with E-state index in [4.69, 9.17) is 5.11 Å². The van der Waals surface area contributed by atoms with Gasteiger partial charge in [0.25, 0.3) is 5.92 Å². The molecule has 0 radical (unpaired) electrons. The van der Waals surface area contributed by atoms with Crippen LogP contribution < -0.4 is 5.73 Å². The lowest BCUT2D eigenvalue weighted by Crippen LogP contribution is -2.66. The molecule has 0 aliphatic carbocycles. The largest absolute Gasteiger partial charge is 0.480 e. The summed E-state index contributed by atoms with van der Waals surface area (Å²) >= 11 is 0. The maximum absolute atomic E-state index is 13.2. The zero-order valence-corrected chi connectivity index (χ0v) is 8.53. The summed E-state index contributed by atoms with van der Waals surface area (Å²) in [6.45, 7) is -0.838. The molecule has 0 heterocycles. The molecule has 3 nitrogen and oxygen atoms in total. The monoisotopic (exact) mass is 289 g/mol. The molecule has 0 rings (SSSR count). The van der Waals surface area contributed by atoms with Gasteiger partial charge in [-0.2, -0.15) is 26.3 Å². The third-order valence-electron chi connectivity index (χ3n) is 2.46. The number of halogens is 8. The van der Waals surface area contributed by atoms with E-state index in [1.807, 2.05) is 0 Å². The van der Waals surface area contributed by atoms with Crippen molar-refractivity contribution >= 4 is 5.97 Å². The highest BCUT2D eigenvalue weighted by atomic mass is 19.4. The van der Waals surface area contributed by atoms with Gasteiger partial charge in [0.05, 0.1) is 0 Å². The van der Waals surface area contributed by atoms with Gasteiger partial charge in [-0.1, -0.05) is 0 Å². The number of hydrogen-bond donors (Lipinski definition) is 2. The van der Waals surface area contributed by atoms with Crippen LogP contribution in [0, 0.1) is 5.41 Å². The summed E-state index contributed by atoms with van der Waals surface area (Å²) in [6, 6.07) is -3.65. The Morgan fingerprint density at radius 1 is 1.00 bits per heavy atom. The summed E-state index contributed by atoms with van der Waals surface area (Å²) in [5.74, 6) is -8.45. The average molecular weight is 289 g/mol. The summed E-state index contributed by atoms with van der Waals surface area (Å²) in [5, 5.41) is 8.07. The molecule has 1 atom stereocenters. The molecule has 0 amide bonds. The molecule has 0 aliphatic heterocycles. The predicted molar refractivity (Wildman–Crippen MR) is 40.8 cm³/mol. The molecule has 3 N–H and O–H groups in total. The van der Waals surface area contributed by atoms with Gasteiger partial charge in [-0.3, -0.25) is 4.79 Å². The van der Waals surface area contributed by atoms with Crippen LogP contribution in [0.1, 0.15) is 6.92 Å². The van der Waals surface area contributed by atoms with E-state index in [9.17, 15) is 39.9 Å². The Morgan fingerprint density at radius 2 is 1.28 bits per heavy atom. The SMILES string of the molecule is CC(C(F)(F)F)(C(F)(F)F)C(F)(F)[C@H](N)C(=O)O. The Hall–Kier alpha value is -1.13. The number of carboxylic acids is 1. The Balaban J connectivity index is 6.00. The molecule has 18 heavy (non-hydrogen) atoms. The van der Waals surface area contributed by atoms with Crippen LogP contribution in [-0.2, 0) is 4.79 Å². The number of aliphatic carboxylic acids is 1. The van der Waals surface area contributed by atoms with E-state index in [0.29, 0.717) is 0 Å². The van der Waals surface area contributed by atoms with Gasteiger partial charge in [-0.15, -0.1) is 0 Å². The Bertz CT molecular complexity index is 319. The van der Waals surface area contributed by atoms with Crippen molar-refractivity contribution in [3.63, 3.8) is 0 Å². The summed E-state index contributed by atoms with van der Waals surface area (Å²) in [4.78, 5) is 10.1. The molecule has 0 fully saturated rings. The fourth-order valence-electron chi connectivity index (χ4n) is 1.00. The zero-order chi connectivity index (χ0) is 15.2. The number of carboxylic acid groups (broad SMARTS) is 1. The Labute approximate surface area is 94.5 Å². The third-order valence-corrected chi connectivity index (χ3v) is 2.46. The molecule has 0 spiro atoms. The van der Waals surface area contributed by atoms with E-state index in [1.54, 1.807) is 0 Å². The molecular formula is C7H7F8NO2. The topological polar surface area (TPSA) is 63.3 Å². The van der Waals surface area contributed by atoms with Gasteiger partial charge in [0.15, 0.2) is 6.04 Å². The fraction of sp³-hybridized carbons (Fsp3) is 0.857. The predicted octanol–water partition coefficient (Wildman–Crippen LogP) is 2.16. The fourth-order valence-corrected chi connectivity index (χ4v) is 1.00. The Morgan fingerprint density at radius 3 is 1.44 bits per heavy atom. The van der Waals surface area contributed by atoms with E-state index < -0.39 is 42.6 Å². The van der Waals surface area contributed by atoms with Crippen LogP contribution in [-0.4, -0.2) is 35.4 Å². The van der Waals surface area contributed by atoms with Gasteiger partial charge in [-0.25, -0.2) is 8.78 Å². The Kier molecular flexibility index (Phi) is 3.95. The molecule has 0 aromatic rings. The van der Waals surface area contributed by atoms with Crippen LogP contribution in [0.3, 0.4) is 0 Å². The van der Waals surface area contributed by atoms with Crippen molar-refractivity contribution < 1.29 is 45.0 Å². The van der Waals surface area contributed by atoms with Gasteiger partial charge in [0.2, 0.25) is 5.41 Å². The van der Waals surface area contributed by atoms with Crippen LogP contribution in [0.25, 0.3) is 0 Å². The van der Waals surface area contributed by atoms with E-state index in [0.717, 1.165) is 0 Å². The minimum absolute atomic E-state index is 0.838. The molecule has 0 aliphatic rings. The number of alkyl halides is 8. The van der Waals surface area contributed by atoms with Gasteiger partial charge >= 0.3 is 18.3 Å². The number of nitrogens with two attached hydrogens (primary N) is 1. The van der Waals surface area contributed by atoms with Crippen LogP contribution in [0.15, 0.2) is 0 Å². The number of rotatable bonds is 3. The first-order valence-corrected chi connectivity index (χ1v) is 4.10. The minimum atomic E-state index is -6.43. The lowest BCUT2D eigenvalue weighted by atomic mass is 9.78. The second-order valence-corrected chi connectivity index (χ2v) is 3.56. The van der Waals surface area contributed by atoms with E-state index in [-0.39, 0.29) is 0 Å². The molecule has 0 saturated heterocycles. The van der Waals surface area contributed by atoms with Crippen LogP contribution >= 0.6 is 0 Å². The van der Waals surface area contributed by atoms with E-state index in [2.05, 4.69) is 5.73 Å². The first-order valence-electron chi connectivity index (χ1n) is 4.10. The van der Waals surface area contributed by atoms with Crippen molar-refractivity contribution in [3.05, 3.63) is 0 Å². The molecule has 0 aromatic heterocycles. The lowest BCUT2D eigenvalue weighted by molar-refractivity contribution is -0.394. The summed E-state index contributed by atoms with van der Waals surface area (Å²) in [5.41, 5.74) is -1.34. The second kappa shape index (κ2) is 4.21. The molecule has 0 unspecified atom stereocenters. The quantitative estimate of drug-likeness (QED) is 0.783. The minimum Gasteiger partial charge on any atom is -0.480 e. The van der Waals surface area contributed by atoms with E-state index >= 15 is 0 Å². The zero-order valence-electron chi connectivity index (χ0n) is 8.53. The maximum Gasteiger partial charge on any atom is 0.408 e. The highest BCUT2D eigenvalue weighted by Crippen LogP contribution is 2.59. The maximum atomic E-state index is 13.2. The number of hydrogen-bond acceptors (Lipinski definition) is 2. The molecular weight excluding hydrogens is 282 g/mol. The first-order chi connectivity index (χ1) is 7.60. The van der Waals surface area contributed by atoms with E-state index in [1.165, 1.54) is 0 Å². The van der Waals surface area contributed by atoms with Crippen molar-refractivity contribution in [1.82, 2.24) is 0 Å². The summed E-state index contributed by atoms with van der Waals surface area (Å²) < 4.78 is 100.0. The van der Waals surface area contributed by atoms with Gasteiger partial charge in [-0.05, 0) is 6.92 Å². The van der Waals surface area contributed by atoms with Crippen molar-refractivity contribution in [1.29, 1.82) is 0 Å². The molecule has 0 saturated carbocycles.